The Labute approximate surface area is 173 Å². The van der Waals surface area contributed by atoms with Crippen molar-refractivity contribution >= 4 is 22.7 Å². The standard InChI is InChI=1S/C23H21N5O2/c1-13-4-3-5-18(25-13)14(2)21-11-16-10-17-20(12-19(16)26-23(29)30-21)27-28-22(17)15-6-8-24-9-7-15/h3-10,12,14,21H,11H2,1-2H3,(H,26,29)(H,27,28)/t14-,21?/m0/s1. The third kappa shape index (κ3) is 3.28. The maximum Gasteiger partial charge on any atom is 0.411 e. The van der Waals surface area contributed by atoms with Crippen LogP contribution in [0.25, 0.3) is 22.2 Å². The quantitative estimate of drug-likeness (QED) is 0.525. The second kappa shape index (κ2) is 7.26. The van der Waals surface area contributed by atoms with Gasteiger partial charge in [0.2, 0.25) is 0 Å². The van der Waals surface area contributed by atoms with E-state index in [1.807, 2.05) is 50.2 Å². The minimum absolute atomic E-state index is 0.0404. The van der Waals surface area contributed by atoms with Crippen LogP contribution >= 0.6 is 0 Å². The Bertz CT molecular complexity index is 1240. The van der Waals surface area contributed by atoms with Crippen molar-refractivity contribution in [3.8, 4) is 11.3 Å². The molecule has 1 unspecified atom stereocenters. The number of carbonyl (C=O) groups is 1. The summed E-state index contributed by atoms with van der Waals surface area (Å²) in [4.78, 5) is 21.1. The average Bonchev–Trinajstić information content (AvgIpc) is 3.08. The molecule has 3 aromatic heterocycles. The molecule has 1 aliphatic heterocycles. The number of rotatable bonds is 3. The number of aromatic nitrogens is 4. The highest BCUT2D eigenvalue weighted by Crippen LogP contribution is 2.34. The number of cyclic esters (lactones) is 1. The molecule has 0 radical (unpaired) electrons. The number of nitrogens with zero attached hydrogens (tertiary/aromatic N) is 3. The van der Waals surface area contributed by atoms with Gasteiger partial charge in [0.1, 0.15) is 11.8 Å². The van der Waals surface area contributed by atoms with Crippen LogP contribution in [0.4, 0.5) is 10.5 Å². The maximum atomic E-state index is 12.4. The molecule has 0 bridgehead atoms. The maximum absolute atomic E-state index is 12.4. The zero-order chi connectivity index (χ0) is 20.7. The molecule has 1 aliphatic rings. The molecule has 0 saturated heterocycles. The summed E-state index contributed by atoms with van der Waals surface area (Å²) in [5.41, 5.74) is 6.31. The molecule has 1 amide bonds. The number of aryl methyl sites for hydroxylation is 1. The summed E-state index contributed by atoms with van der Waals surface area (Å²) in [6.45, 7) is 4.01. The molecule has 4 heterocycles. The number of nitrogens with one attached hydrogen (secondary N) is 2. The Morgan fingerprint density at radius 2 is 2.00 bits per heavy atom. The monoisotopic (exact) mass is 399 g/mol. The zero-order valence-corrected chi connectivity index (χ0v) is 16.7. The number of amides is 1. The van der Waals surface area contributed by atoms with E-state index in [1.165, 1.54) is 0 Å². The predicted octanol–water partition coefficient (Wildman–Crippen LogP) is 4.61. The SMILES string of the molecule is Cc1cccc([C@H](C)C2Cc3cc4c(-c5ccncc5)n[nH]c4cc3NC(=O)O2)n1. The number of hydrogen-bond donors (Lipinski definition) is 2. The van der Waals surface area contributed by atoms with Gasteiger partial charge in [0, 0.05) is 52.8 Å². The van der Waals surface area contributed by atoms with Crippen LogP contribution in [0.15, 0.2) is 54.9 Å². The molecule has 7 nitrogen and oxygen atoms in total. The number of aromatic amines is 1. The van der Waals surface area contributed by atoms with Crippen molar-refractivity contribution in [3.05, 3.63) is 71.8 Å². The lowest BCUT2D eigenvalue weighted by Gasteiger charge is -2.22. The van der Waals surface area contributed by atoms with Crippen molar-refractivity contribution in [2.75, 3.05) is 5.32 Å². The van der Waals surface area contributed by atoms with E-state index < -0.39 is 6.09 Å². The lowest BCUT2D eigenvalue weighted by molar-refractivity contribution is 0.0982. The Kier molecular flexibility index (Phi) is 4.43. The van der Waals surface area contributed by atoms with E-state index in [0.717, 1.165) is 44.8 Å². The van der Waals surface area contributed by atoms with E-state index in [-0.39, 0.29) is 12.0 Å². The first-order chi connectivity index (χ1) is 14.6. The molecular formula is C23H21N5O2. The van der Waals surface area contributed by atoms with Crippen molar-refractivity contribution in [2.45, 2.75) is 32.3 Å². The Morgan fingerprint density at radius 3 is 2.80 bits per heavy atom. The fourth-order valence-corrected chi connectivity index (χ4v) is 3.95. The van der Waals surface area contributed by atoms with Gasteiger partial charge in [0.15, 0.2) is 0 Å². The molecule has 0 saturated carbocycles. The van der Waals surface area contributed by atoms with Gasteiger partial charge < -0.3 is 4.74 Å². The van der Waals surface area contributed by atoms with Crippen LogP contribution in [0.5, 0.6) is 0 Å². The molecular weight excluding hydrogens is 378 g/mol. The summed E-state index contributed by atoms with van der Waals surface area (Å²) in [6.07, 6.45) is 3.31. The summed E-state index contributed by atoms with van der Waals surface area (Å²) in [6, 6.07) is 13.8. The summed E-state index contributed by atoms with van der Waals surface area (Å²) < 4.78 is 5.74. The van der Waals surface area contributed by atoms with Gasteiger partial charge in [-0.3, -0.25) is 20.4 Å². The fourth-order valence-electron chi connectivity index (χ4n) is 3.95. The van der Waals surface area contributed by atoms with Gasteiger partial charge in [-0.2, -0.15) is 5.10 Å². The van der Waals surface area contributed by atoms with Gasteiger partial charge in [-0.1, -0.05) is 13.0 Å². The summed E-state index contributed by atoms with van der Waals surface area (Å²) >= 11 is 0. The highest BCUT2D eigenvalue weighted by Gasteiger charge is 2.29. The third-order valence-electron chi connectivity index (χ3n) is 5.59. The van der Waals surface area contributed by atoms with E-state index in [4.69, 9.17) is 4.74 Å². The zero-order valence-electron chi connectivity index (χ0n) is 16.7. The molecule has 150 valence electrons. The van der Waals surface area contributed by atoms with Crippen LogP contribution < -0.4 is 5.32 Å². The minimum Gasteiger partial charge on any atom is -0.445 e. The van der Waals surface area contributed by atoms with E-state index in [0.29, 0.717) is 6.42 Å². The molecule has 2 N–H and O–H groups in total. The Balaban J connectivity index is 1.55. The number of benzene rings is 1. The van der Waals surface area contributed by atoms with Crippen LogP contribution in [0.1, 0.15) is 29.8 Å². The van der Waals surface area contributed by atoms with E-state index in [2.05, 4.69) is 31.5 Å². The Morgan fingerprint density at radius 1 is 1.17 bits per heavy atom. The smallest absolute Gasteiger partial charge is 0.411 e. The molecule has 5 rings (SSSR count). The van der Waals surface area contributed by atoms with Gasteiger partial charge in [-0.05, 0) is 48.9 Å². The number of pyridine rings is 2. The van der Waals surface area contributed by atoms with Crippen LogP contribution in [0.3, 0.4) is 0 Å². The minimum atomic E-state index is -0.452. The van der Waals surface area contributed by atoms with Crippen LogP contribution in [-0.4, -0.2) is 32.4 Å². The number of carbonyl (C=O) groups excluding carboxylic acids is 1. The van der Waals surface area contributed by atoms with Crippen molar-refractivity contribution in [2.24, 2.45) is 0 Å². The molecule has 0 fully saturated rings. The van der Waals surface area contributed by atoms with E-state index in [9.17, 15) is 4.79 Å². The number of anilines is 1. The molecule has 30 heavy (non-hydrogen) atoms. The summed E-state index contributed by atoms with van der Waals surface area (Å²) in [5.74, 6) is -0.0404. The van der Waals surface area contributed by atoms with Crippen LogP contribution in [0, 0.1) is 6.92 Å². The predicted molar refractivity (Wildman–Crippen MR) is 114 cm³/mol. The van der Waals surface area contributed by atoms with Gasteiger partial charge in [0.05, 0.1) is 5.52 Å². The molecule has 0 aliphatic carbocycles. The normalized spacial score (nSPS) is 17.0. The third-order valence-corrected chi connectivity index (χ3v) is 5.59. The summed E-state index contributed by atoms with van der Waals surface area (Å²) in [7, 11) is 0. The van der Waals surface area contributed by atoms with Crippen molar-refractivity contribution in [1.29, 1.82) is 0 Å². The topological polar surface area (TPSA) is 92.8 Å². The van der Waals surface area contributed by atoms with Crippen molar-refractivity contribution in [1.82, 2.24) is 20.2 Å². The van der Waals surface area contributed by atoms with Crippen molar-refractivity contribution in [3.63, 3.8) is 0 Å². The number of H-pyrrole nitrogens is 1. The van der Waals surface area contributed by atoms with E-state index >= 15 is 0 Å². The average molecular weight is 399 g/mol. The second-order valence-electron chi connectivity index (χ2n) is 7.63. The molecule has 1 aromatic carbocycles. The Hall–Kier alpha value is -3.74. The van der Waals surface area contributed by atoms with Crippen LogP contribution in [0.2, 0.25) is 0 Å². The molecule has 4 aromatic rings. The number of fused-ring (bicyclic) bond motifs is 2. The lowest BCUT2D eigenvalue weighted by atomic mass is 9.92. The number of hydrogen-bond acceptors (Lipinski definition) is 5. The first-order valence-electron chi connectivity index (χ1n) is 9.91. The fraction of sp³-hybridized carbons (Fsp3) is 0.217. The largest absolute Gasteiger partial charge is 0.445 e. The van der Waals surface area contributed by atoms with E-state index in [1.54, 1.807) is 12.4 Å². The highest BCUT2D eigenvalue weighted by atomic mass is 16.6. The van der Waals surface area contributed by atoms with Gasteiger partial charge in [-0.25, -0.2) is 4.79 Å². The van der Waals surface area contributed by atoms with Gasteiger partial charge in [0.25, 0.3) is 0 Å². The second-order valence-corrected chi connectivity index (χ2v) is 7.63. The van der Waals surface area contributed by atoms with Gasteiger partial charge in [-0.15, -0.1) is 0 Å². The van der Waals surface area contributed by atoms with Crippen LogP contribution in [-0.2, 0) is 11.2 Å². The molecule has 7 heteroatoms. The van der Waals surface area contributed by atoms with Gasteiger partial charge >= 0.3 is 6.09 Å². The first-order valence-corrected chi connectivity index (χ1v) is 9.91. The molecule has 2 atom stereocenters. The van der Waals surface area contributed by atoms with Crippen molar-refractivity contribution < 1.29 is 9.53 Å². The molecule has 0 spiro atoms. The first kappa shape index (κ1) is 18.3. The lowest BCUT2D eigenvalue weighted by Crippen LogP contribution is -2.26. The highest BCUT2D eigenvalue weighted by molar-refractivity contribution is 5.98. The summed E-state index contributed by atoms with van der Waals surface area (Å²) in [5, 5.41) is 11.4. The number of ether oxygens (including phenoxy) is 1.